The van der Waals surface area contributed by atoms with E-state index in [1.54, 1.807) is 4.90 Å². The molecule has 0 aromatic carbocycles. The number of hydrogen-bond acceptors (Lipinski definition) is 4. The minimum atomic E-state index is -0.581. The largest absolute Gasteiger partial charge is 0.444 e. The lowest BCUT2D eigenvalue weighted by Crippen LogP contribution is -2.52. The van der Waals surface area contributed by atoms with Crippen LogP contribution in [0.15, 0.2) is 0 Å². The molecule has 2 atom stereocenters. The van der Waals surface area contributed by atoms with Crippen molar-refractivity contribution in [3.8, 4) is 0 Å². The van der Waals surface area contributed by atoms with Crippen LogP contribution in [0.25, 0.3) is 0 Å². The zero-order valence-electron chi connectivity index (χ0n) is 17.1. The third-order valence-corrected chi connectivity index (χ3v) is 4.26. The van der Waals surface area contributed by atoms with Gasteiger partial charge in [-0.3, -0.25) is 9.59 Å². The van der Waals surface area contributed by atoms with Gasteiger partial charge in [-0.2, -0.15) is 0 Å². The van der Waals surface area contributed by atoms with Gasteiger partial charge in [-0.05, 0) is 54.4 Å². The predicted molar refractivity (Wildman–Crippen MR) is 101 cm³/mol. The average Bonchev–Trinajstić information content (AvgIpc) is 2.50. The zero-order chi connectivity index (χ0) is 19.9. The van der Waals surface area contributed by atoms with Crippen LogP contribution in [0.2, 0.25) is 0 Å². The van der Waals surface area contributed by atoms with Crippen LogP contribution in [-0.4, -0.2) is 53.6 Å². The Hall–Kier alpha value is -1.79. The molecule has 0 aromatic rings. The summed E-state index contributed by atoms with van der Waals surface area (Å²) in [5.41, 5.74) is -0.581. The van der Waals surface area contributed by atoms with Crippen LogP contribution in [0, 0.1) is 5.92 Å². The Morgan fingerprint density at radius 2 is 1.77 bits per heavy atom. The Morgan fingerprint density at radius 3 is 2.31 bits per heavy atom. The monoisotopic (exact) mass is 369 g/mol. The second kappa shape index (κ2) is 9.78. The zero-order valence-corrected chi connectivity index (χ0v) is 17.1. The van der Waals surface area contributed by atoms with Gasteiger partial charge in [-0.1, -0.05) is 12.8 Å². The van der Waals surface area contributed by atoms with Crippen molar-refractivity contribution in [3.05, 3.63) is 0 Å². The number of likely N-dealkylation sites (N-methyl/N-ethyl adjacent to an activating group) is 1. The summed E-state index contributed by atoms with van der Waals surface area (Å²) < 4.78 is 5.32. The van der Waals surface area contributed by atoms with Crippen molar-refractivity contribution in [2.45, 2.75) is 84.9 Å². The van der Waals surface area contributed by atoms with Crippen LogP contribution < -0.4 is 10.6 Å². The van der Waals surface area contributed by atoms with E-state index < -0.39 is 11.7 Å². The maximum Gasteiger partial charge on any atom is 0.407 e. The Bertz CT molecular complexity index is 500. The number of carbonyl (C=O) groups excluding carboxylic acids is 3. The molecule has 0 heterocycles. The first-order chi connectivity index (χ1) is 12.0. The third kappa shape index (κ3) is 7.62. The summed E-state index contributed by atoms with van der Waals surface area (Å²) in [7, 11) is 0. The predicted octanol–water partition coefficient (Wildman–Crippen LogP) is 2.44. The van der Waals surface area contributed by atoms with E-state index >= 15 is 0 Å². The van der Waals surface area contributed by atoms with E-state index in [0.717, 1.165) is 19.3 Å². The van der Waals surface area contributed by atoms with E-state index in [2.05, 4.69) is 10.6 Å². The van der Waals surface area contributed by atoms with Gasteiger partial charge in [0.05, 0.1) is 12.5 Å². The fraction of sp³-hybridized carbons (Fsp3) is 0.842. The fourth-order valence-corrected chi connectivity index (χ4v) is 3.18. The molecule has 1 rings (SSSR count). The molecule has 0 aliphatic heterocycles. The summed E-state index contributed by atoms with van der Waals surface area (Å²) in [4.78, 5) is 38.7. The molecule has 3 amide bonds. The molecule has 7 nitrogen and oxygen atoms in total. The molecule has 0 spiro atoms. The van der Waals surface area contributed by atoms with Crippen molar-refractivity contribution >= 4 is 17.9 Å². The number of ether oxygens (including phenoxy) is 1. The van der Waals surface area contributed by atoms with Gasteiger partial charge in [0.2, 0.25) is 11.8 Å². The van der Waals surface area contributed by atoms with E-state index in [1.807, 2.05) is 41.5 Å². The van der Waals surface area contributed by atoms with Crippen LogP contribution in [0.4, 0.5) is 4.79 Å². The average molecular weight is 370 g/mol. The first-order valence-electron chi connectivity index (χ1n) is 9.61. The summed E-state index contributed by atoms with van der Waals surface area (Å²) in [5, 5.41) is 5.67. The normalized spacial score (nSPS) is 20.4. The molecule has 1 saturated carbocycles. The molecular weight excluding hydrogens is 334 g/mol. The Labute approximate surface area is 157 Å². The fourth-order valence-electron chi connectivity index (χ4n) is 3.18. The Balaban J connectivity index is 2.75. The first-order valence-corrected chi connectivity index (χ1v) is 9.61. The topological polar surface area (TPSA) is 87.7 Å². The lowest BCUT2D eigenvalue weighted by atomic mass is 9.83. The van der Waals surface area contributed by atoms with Gasteiger partial charge in [0.25, 0.3) is 0 Å². The highest BCUT2D eigenvalue weighted by atomic mass is 16.6. The highest BCUT2D eigenvalue weighted by Gasteiger charge is 2.35. The minimum Gasteiger partial charge on any atom is -0.444 e. The lowest BCUT2D eigenvalue weighted by Gasteiger charge is -2.35. The van der Waals surface area contributed by atoms with Gasteiger partial charge in [-0.25, -0.2) is 4.79 Å². The number of amides is 3. The molecular formula is C19H35N3O4. The third-order valence-electron chi connectivity index (χ3n) is 4.26. The van der Waals surface area contributed by atoms with E-state index in [0.29, 0.717) is 13.0 Å². The Kier molecular flexibility index (Phi) is 8.37. The van der Waals surface area contributed by atoms with Crippen molar-refractivity contribution < 1.29 is 19.1 Å². The summed E-state index contributed by atoms with van der Waals surface area (Å²) in [5.74, 6) is -0.558. The maximum atomic E-state index is 13.0. The summed E-state index contributed by atoms with van der Waals surface area (Å²) in [6.45, 7) is 11.6. The van der Waals surface area contributed by atoms with Gasteiger partial charge < -0.3 is 20.3 Å². The molecule has 150 valence electrons. The number of carbonyl (C=O) groups is 3. The van der Waals surface area contributed by atoms with Crippen LogP contribution in [-0.2, 0) is 14.3 Å². The van der Waals surface area contributed by atoms with Crippen molar-refractivity contribution in [1.82, 2.24) is 15.5 Å². The highest BCUT2D eigenvalue weighted by Crippen LogP contribution is 2.26. The van der Waals surface area contributed by atoms with Crippen molar-refractivity contribution in [2.75, 3.05) is 13.1 Å². The molecule has 0 radical (unpaired) electrons. The molecule has 0 unspecified atom stereocenters. The quantitative estimate of drug-likeness (QED) is 0.753. The van der Waals surface area contributed by atoms with E-state index in [1.165, 1.54) is 0 Å². The second-order valence-corrected chi connectivity index (χ2v) is 8.22. The molecule has 26 heavy (non-hydrogen) atoms. The summed E-state index contributed by atoms with van der Waals surface area (Å²) in [6.07, 6.45) is 2.86. The molecule has 7 heteroatoms. The molecule has 0 bridgehead atoms. The highest BCUT2D eigenvalue weighted by molar-refractivity contribution is 5.86. The molecule has 2 N–H and O–H groups in total. The molecule has 1 aliphatic carbocycles. The van der Waals surface area contributed by atoms with Crippen molar-refractivity contribution in [3.63, 3.8) is 0 Å². The van der Waals surface area contributed by atoms with Gasteiger partial charge >= 0.3 is 6.09 Å². The standard InChI is InChI=1S/C19H35N3O4/c1-7-22(12-16(23)20-13(2)3)17(24)14-10-8-9-11-15(14)21-18(25)26-19(4,5)6/h13-15H,7-12H2,1-6H3,(H,20,23)(H,21,25)/t14-,15+/m1/s1. The van der Waals surface area contributed by atoms with Crippen LogP contribution >= 0.6 is 0 Å². The maximum absolute atomic E-state index is 13.0. The van der Waals surface area contributed by atoms with Gasteiger partial charge in [0.1, 0.15) is 5.60 Å². The number of nitrogens with one attached hydrogen (secondary N) is 2. The van der Waals surface area contributed by atoms with Crippen LogP contribution in [0.5, 0.6) is 0 Å². The van der Waals surface area contributed by atoms with Gasteiger partial charge in [0.15, 0.2) is 0 Å². The van der Waals surface area contributed by atoms with Crippen molar-refractivity contribution in [1.29, 1.82) is 0 Å². The van der Waals surface area contributed by atoms with Gasteiger partial charge in [-0.15, -0.1) is 0 Å². The van der Waals surface area contributed by atoms with Crippen LogP contribution in [0.3, 0.4) is 0 Å². The molecule has 0 saturated heterocycles. The van der Waals surface area contributed by atoms with E-state index in [4.69, 9.17) is 4.74 Å². The Morgan fingerprint density at radius 1 is 1.15 bits per heavy atom. The number of hydrogen-bond donors (Lipinski definition) is 2. The molecule has 1 aliphatic rings. The SMILES string of the molecule is CCN(CC(=O)NC(C)C)C(=O)[C@@H]1CCCC[C@@H]1NC(=O)OC(C)(C)C. The second-order valence-electron chi connectivity index (χ2n) is 8.22. The number of alkyl carbamates (subject to hydrolysis) is 1. The van der Waals surface area contributed by atoms with Crippen molar-refractivity contribution in [2.24, 2.45) is 5.92 Å². The summed E-state index contributed by atoms with van der Waals surface area (Å²) >= 11 is 0. The number of rotatable bonds is 6. The lowest BCUT2D eigenvalue weighted by molar-refractivity contribution is -0.141. The van der Waals surface area contributed by atoms with E-state index in [9.17, 15) is 14.4 Å². The van der Waals surface area contributed by atoms with Crippen LogP contribution in [0.1, 0.15) is 67.2 Å². The first kappa shape index (κ1) is 22.3. The smallest absolute Gasteiger partial charge is 0.407 e. The molecule has 0 aromatic heterocycles. The minimum absolute atomic E-state index is 0.0348. The summed E-state index contributed by atoms with van der Waals surface area (Å²) in [6, 6.07) is -0.221. The van der Waals surface area contributed by atoms with E-state index in [-0.39, 0.29) is 36.4 Å². The molecule has 1 fully saturated rings. The van der Waals surface area contributed by atoms with Gasteiger partial charge in [0, 0.05) is 18.6 Å². The number of nitrogens with zero attached hydrogens (tertiary/aromatic N) is 1.